The Morgan fingerprint density at radius 1 is 1.50 bits per heavy atom. The number of carboxylic acid groups (broad SMARTS) is 1. The van der Waals surface area contributed by atoms with Crippen molar-refractivity contribution in [3.05, 3.63) is 0 Å². The van der Waals surface area contributed by atoms with Gasteiger partial charge in [0.15, 0.2) is 0 Å². The molecule has 0 saturated heterocycles. The lowest BCUT2D eigenvalue weighted by atomic mass is 10.2. The zero-order chi connectivity index (χ0) is 12.9. The highest BCUT2D eigenvalue weighted by Crippen LogP contribution is 2.22. The lowest BCUT2D eigenvalue weighted by molar-refractivity contribution is -0.179. The molecule has 0 unspecified atom stereocenters. The number of amides is 2. The van der Waals surface area contributed by atoms with E-state index in [9.17, 15) is 22.8 Å². The number of likely N-dealkylation sites (N-methyl/N-ethyl adjacent to an activating group) is 1. The van der Waals surface area contributed by atoms with Gasteiger partial charge in [0.1, 0.15) is 6.04 Å². The first-order chi connectivity index (χ1) is 7.17. The van der Waals surface area contributed by atoms with E-state index in [0.717, 1.165) is 14.2 Å². The third-order valence-electron chi connectivity index (χ3n) is 1.62. The van der Waals surface area contributed by atoms with Crippen molar-refractivity contribution >= 4 is 12.0 Å². The minimum Gasteiger partial charge on any atom is -0.465 e. The summed E-state index contributed by atoms with van der Waals surface area (Å²) in [5.41, 5.74) is 0. The molecule has 0 spiro atoms. The van der Waals surface area contributed by atoms with E-state index in [0.29, 0.717) is 5.06 Å². The second-order valence-corrected chi connectivity index (χ2v) is 2.84. The molecule has 0 bridgehead atoms. The van der Waals surface area contributed by atoms with Gasteiger partial charge >= 0.3 is 12.3 Å². The molecule has 1 atom stereocenters. The van der Waals surface area contributed by atoms with Crippen LogP contribution in [0.1, 0.15) is 6.42 Å². The van der Waals surface area contributed by atoms with Crippen LogP contribution in [0, 0.1) is 0 Å². The van der Waals surface area contributed by atoms with E-state index in [1.165, 1.54) is 5.32 Å². The van der Waals surface area contributed by atoms with E-state index in [-0.39, 0.29) is 0 Å². The minimum absolute atomic E-state index is 0.520. The molecular weight excluding hydrogens is 233 g/mol. The van der Waals surface area contributed by atoms with E-state index in [4.69, 9.17) is 5.11 Å². The third-order valence-corrected chi connectivity index (χ3v) is 1.62. The Balaban J connectivity index is 4.66. The van der Waals surface area contributed by atoms with Crippen molar-refractivity contribution in [1.82, 2.24) is 10.4 Å². The molecule has 0 radical (unpaired) electrons. The highest BCUT2D eigenvalue weighted by atomic mass is 19.4. The van der Waals surface area contributed by atoms with Crippen LogP contribution < -0.4 is 5.32 Å². The largest absolute Gasteiger partial charge is 0.465 e. The first-order valence-corrected chi connectivity index (χ1v) is 4.05. The maximum absolute atomic E-state index is 12.0. The van der Waals surface area contributed by atoms with E-state index in [1.54, 1.807) is 0 Å². The van der Waals surface area contributed by atoms with Gasteiger partial charge in [0.05, 0.1) is 13.5 Å². The molecule has 0 heterocycles. The molecule has 0 aromatic heterocycles. The Morgan fingerprint density at radius 3 is 2.31 bits per heavy atom. The summed E-state index contributed by atoms with van der Waals surface area (Å²) in [5, 5.41) is 10.3. The van der Waals surface area contributed by atoms with Crippen LogP contribution in [0.25, 0.3) is 0 Å². The lowest BCUT2D eigenvalue weighted by Gasteiger charge is -2.22. The van der Waals surface area contributed by atoms with Crippen LogP contribution >= 0.6 is 0 Å². The van der Waals surface area contributed by atoms with Gasteiger partial charge in [0.2, 0.25) is 0 Å². The van der Waals surface area contributed by atoms with Crippen molar-refractivity contribution in [2.45, 2.75) is 18.6 Å². The second-order valence-electron chi connectivity index (χ2n) is 2.84. The van der Waals surface area contributed by atoms with Crippen LogP contribution in [0.3, 0.4) is 0 Å². The van der Waals surface area contributed by atoms with E-state index >= 15 is 0 Å². The zero-order valence-corrected chi connectivity index (χ0v) is 8.54. The average molecular weight is 244 g/mol. The molecule has 0 aromatic rings. The Hall–Kier alpha value is -1.51. The van der Waals surface area contributed by atoms with Gasteiger partial charge in [-0.05, 0) is 0 Å². The number of nitrogens with zero attached hydrogens (tertiary/aromatic N) is 1. The maximum Gasteiger partial charge on any atom is 0.405 e. The summed E-state index contributed by atoms with van der Waals surface area (Å²) in [6, 6.07) is -1.91. The van der Waals surface area contributed by atoms with Crippen LogP contribution in [0.4, 0.5) is 18.0 Å². The Labute approximate surface area is 88.9 Å². The summed E-state index contributed by atoms with van der Waals surface area (Å²) < 4.78 is 36.1. The molecule has 0 aliphatic carbocycles. The molecule has 0 aromatic carbocycles. The first-order valence-electron chi connectivity index (χ1n) is 4.05. The van der Waals surface area contributed by atoms with Crippen LogP contribution in [-0.4, -0.2) is 48.5 Å². The predicted octanol–water partition coefficient (Wildman–Crippen LogP) is 0.595. The second kappa shape index (κ2) is 5.54. The van der Waals surface area contributed by atoms with Gasteiger partial charge in [0, 0.05) is 7.05 Å². The van der Waals surface area contributed by atoms with Gasteiger partial charge < -0.3 is 10.4 Å². The SMILES string of the molecule is CON(C)C(=O)[C@H](CC(F)(F)F)NC(=O)O. The smallest absolute Gasteiger partial charge is 0.405 e. The van der Waals surface area contributed by atoms with Crippen LogP contribution in [0.2, 0.25) is 0 Å². The normalized spacial score (nSPS) is 13.1. The molecule has 6 nitrogen and oxygen atoms in total. The van der Waals surface area contributed by atoms with Crippen molar-refractivity contribution in [2.24, 2.45) is 0 Å². The summed E-state index contributed by atoms with van der Waals surface area (Å²) >= 11 is 0. The fourth-order valence-electron chi connectivity index (χ4n) is 0.890. The summed E-state index contributed by atoms with van der Waals surface area (Å²) in [7, 11) is 2.15. The number of hydrogen-bond donors (Lipinski definition) is 2. The zero-order valence-electron chi connectivity index (χ0n) is 8.54. The fourth-order valence-corrected chi connectivity index (χ4v) is 0.890. The van der Waals surface area contributed by atoms with Crippen LogP contribution in [0.15, 0.2) is 0 Å². The number of nitrogens with one attached hydrogen (secondary N) is 1. The summed E-state index contributed by atoms with van der Waals surface area (Å²) in [6.45, 7) is 0. The van der Waals surface area contributed by atoms with Crippen molar-refractivity contribution in [3.8, 4) is 0 Å². The number of hydroxylamine groups is 2. The molecule has 0 rings (SSSR count). The average Bonchev–Trinajstić information content (AvgIpc) is 2.11. The minimum atomic E-state index is -4.66. The predicted molar refractivity (Wildman–Crippen MR) is 45.4 cm³/mol. The molecule has 2 amide bonds. The van der Waals surface area contributed by atoms with Crippen LogP contribution in [-0.2, 0) is 9.63 Å². The quantitative estimate of drug-likeness (QED) is 0.709. The van der Waals surface area contributed by atoms with Crippen molar-refractivity contribution in [2.75, 3.05) is 14.2 Å². The van der Waals surface area contributed by atoms with Gasteiger partial charge in [-0.1, -0.05) is 0 Å². The molecule has 2 N–H and O–H groups in total. The summed E-state index contributed by atoms with van der Waals surface area (Å²) in [5.74, 6) is -1.12. The van der Waals surface area contributed by atoms with E-state index in [2.05, 4.69) is 4.84 Å². The maximum atomic E-state index is 12.0. The fraction of sp³-hybridized carbons (Fsp3) is 0.714. The Morgan fingerprint density at radius 2 is 2.00 bits per heavy atom. The molecule has 0 aliphatic rings. The Bertz CT molecular complexity index is 269. The first kappa shape index (κ1) is 14.5. The number of carbonyl (C=O) groups excluding carboxylic acids is 1. The standard InChI is InChI=1S/C7H11F3N2O4/c1-12(16-2)5(13)4(11-6(14)15)3-7(8,9)10/h4,11H,3H2,1-2H3,(H,14,15)/t4-/m0/s1. The highest BCUT2D eigenvalue weighted by molar-refractivity contribution is 5.84. The molecular formula is C7H11F3N2O4. The van der Waals surface area contributed by atoms with Gasteiger partial charge in [0.25, 0.3) is 5.91 Å². The molecule has 0 fully saturated rings. The van der Waals surface area contributed by atoms with Gasteiger partial charge in [-0.2, -0.15) is 13.2 Å². The van der Waals surface area contributed by atoms with Crippen molar-refractivity contribution < 1.29 is 32.7 Å². The van der Waals surface area contributed by atoms with Gasteiger partial charge in [-0.3, -0.25) is 9.63 Å². The number of alkyl halides is 3. The number of carbonyl (C=O) groups is 2. The molecule has 0 saturated carbocycles. The molecule has 9 heteroatoms. The Kier molecular flexibility index (Phi) is 5.02. The summed E-state index contributed by atoms with van der Waals surface area (Å²) in [4.78, 5) is 25.9. The topological polar surface area (TPSA) is 78.9 Å². The third kappa shape index (κ3) is 5.39. The number of hydrogen-bond acceptors (Lipinski definition) is 3. The molecule has 16 heavy (non-hydrogen) atoms. The molecule has 0 aliphatic heterocycles. The van der Waals surface area contributed by atoms with E-state index in [1.807, 2.05) is 0 Å². The van der Waals surface area contributed by atoms with Crippen LogP contribution in [0.5, 0.6) is 0 Å². The number of halogens is 3. The monoisotopic (exact) mass is 244 g/mol. The number of rotatable bonds is 4. The molecule has 94 valence electrons. The lowest BCUT2D eigenvalue weighted by Crippen LogP contribution is -2.48. The van der Waals surface area contributed by atoms with Gasteiger partial charge in [-0.25, -0.2) is 9.86 Å². The van der Waals surface area contributed by atoms with Gasteiger partial charge in [-0.15, -0.1) is 0 Å². The highest BCUT2D eigenvalue weighted by Gasteiger charge is 2.37. The van der Waals surface area contributed by atoms with Crippen molar-refractivity contribution in [3.63, 3.8) is 0 Å². The summed E-state index contributed by atoms with van der Waals surface area (Å²) in [6.07, 6.45) is -7.96. The van der Waals surface area contributed by atoms with E-state index < -0.39 is 30.6 Å². The van der Waals surface area contributed by atoms with Crippen molar-refractivity contribution in [1.29, 1.82) is 0 Å².